The normalized spacial score (nSPS) is 44.1. The highest BCUT2D eigenvalue weighted by atomic mass is 16.5. The minimum atomic E-state index is 0.418. The van der Waals surface area contributed by atoms with Crippen LogP contribution in [0.5, 0.6) is 0 Å². The Labute approximate surface area is 81.9 Å². The van der Waals surface area contributed by atoms with Crippen LogP contribution in [0.3, 0.4) is 0 Å². The first-order valence-electron chi connectivity index (χ1n) is 5.60. The van der Waals surface area contributed by atoms with Crippen LogP contribution in [0.25, 0.3) is 0 Å². The summed E-state index contributed by atoms with van der Waals surface area (Å²) in [6.45, 7) is 9.08. The van der Waals surface area contributed by atoms with Crippen molar-refractivity contribution in [1.82, 2.24) is 0 Å². The van der Waals surface area contributed by atoms with Gasteiger partial charge in [-0.05, 0) is 42.4 Å². The van der Waals surface area contributed by atoms with Gasteiger partial charge in [0, 0.05) is 0 Å². The molecule has 0 amide bonds. The maximum Gasteiger partial charge on any atom is 0.0520 e. The number of hydrogen-bond acceptors (Lipinski definition) is 1. The molecular formula is C12H22O. The minimum Gasteiger partial charge on any atom is -0.380 e. The van der Waals surface area contributed by atoms with E-state index in [-0.39, 0.29) is 0 Å². The zero-order valence-corrected chi connectivity index (χ0v) is 9.23. The van der Waals surface area contributed by atoms with Crippen LogP contribution in [0.2, 0.25) is 0 Å². The van der Waals surface area contributed by atoms with Crippen LogP contribution in [-0.4, -0.2) is 13.2 Å². The maximum absolute atomic E-state index is 5.83. The fraction of sp³-hybridized carbons (Fsp3) is 1.00. The van der Waals surface area contributed by atoms with Crippen molar-refractivity contribution >= 4 is 0 Å². The van der Waals surface area contributed by atoms with E-state index in [4.69, 9.17) is 4.74 Å². The SMILES string of the molecule is CC12CCC(CC1)C(C)(C)COC2. The van der Waals surface area contributed by atoms with Crippen LogP contribution in [0, 0.1) is 16.7 Å². The Morgan fingerprint density at radius 2 is 1.62 bits per heavy atom. The molecule has 1 heteroatoms. The average Bonchev–Trinajstić information content (AvgIpc) is 2.02. The van der Waals surface area contributed by atoms with E-state index in [2.05, 4.69) is 20.8 Å². The lowest BCUT2D eigenvalue weighted by atomic mass is 9.63. The van der Waals surface area contributed by atoms with Gasteiger partial charge < -0.3 is 4.74 Å². The Bertz CT molecular complexity index is 182. The molecule has 3 rings (SSSR count). The fourth-order valence-corrected chi connectivity index (χ4v) is 2.92. The van der Waals surface area contributed by atoms with Gasteiger partial charge in [-0.15, -0.1) is 0 Å². The standard InChI is InChI=1S/C12H22O/c1-11(2)8-13-9-12(3)6-4-10(11)5-7-12/h10H,4-9H2,1-3H3. The molecule has 2 heterocycles. The zero-order chi connectivity index (χ0) is 9.53. The molecule has 1 aliphatic carbocycles. The molecule has 13 heavy (non-hydrogen) atoms. The third-order valence-electron chi connectivity index (χ3n) is 4.22. The summed E-state index contributed by atoms with van der Waals surface area (Å²) in [5.74, 6) is 0.904. The van der Waals surface area contributed by atoms with Crippen molar-refractivity contribution < 1.29 is 4.74 Å². The summed E-state index contributed by atoms with van der Waals surface area (Å²) in [7, 11) is 0. The highest BCUT2D eigenvalue weighted by molar-refractivity contribution is 4.90. The number of fused-ring (bicyclic) bond motifs is 5. The van der Waals surface area contributed by atoms with Gasteiger partial charge in [0.15, 0.2) is 0 Å². The first-order chi connectivity index (χ1) is 6.02. The molecule has 0 aromatic rings. The molecule has 2 saturated heterocycles. The van der Waals surface area contributed by atoms with Gasteiger partial charge in [0.1, 0.15) is 0 Å². The molecule has 0 aromatic carbocycles. The Balaban J connectivity index is 2.13. The molecule has 1 nitrogen and oxygen atoms in total. The number of hydrogen-bond donors (Lipinski definition) is 0. The fourth-order valence-electron chi connectivity index (χ4n) is 2.92. The summed E-state index contributed by atoms with van der Waals surface area (Å²) in [6, 6.07) is 0. The first-order valence-corrected chi connectivity index (χ1v) is 5.60. The Hall–Kier alpha value is -0.0400. The summed E-state index contributed by atoms with van der Waals surface area (Å²) < 4.78 is 5.83. The lowest BCUT2D eigenvalue weighted by molar-refractivity contribution is -0.0764. The van der Waals surface area contributed by atoms with Crippen LogP contribution in [0.15, 0.2) is 0 Å². The summed E-state index contributed by atoms with van der Waals surface area (Å²) in [6.07, 6.45) is 5.60. The molecule has 3 fully saturated rings. The van der Waals surface area contributed by atoms with E-state index in [9.17, 15) is 0 Å². The van der Waals surface area contributed by atoms with E-state index in [0.29, 0.717) is 10.8 Å². The molecule has 0 atom stereocenters. The molecule has 2 bridgehead atoms. The summed E-state index contributed by atoms with van der Waals surface area (Å²) >= 11 is 0. The quantitative estimate of drug-likeness (QED) is 0.559. The van der Waals surface area contributed by atoms with Crippen molar-refractivity contribution in [2.24, 2.45) is 16.7 Å². The second kappa shape index (κ2) is 2.98. The third kappa shape index (κ3) is 1.76. The molecule has 2 aliphatic heterocycles. The topological polar surface area (TPSA) is 9.23 Å². The van der Waals surface area contributed by atoms with Gasteiger partial charge in [-0.1, -0.05) is 20.8 Å². The zero-order valence-electron chi connectivity index (χ0n) is 9.23. The molecule has 3 aliphatic rings. The monoisotopic (exact) mass is 182 g/mol. The molecule has 0 aromatic heterocycles. The predicted octanol–water partition coefficient (Wildman–Crippen LogP) is 3.24. The summed E-state index contributed by atoms with van der Waals surface area (Å²) in [5, 5.41) is 0. The molecule has 0 unspecified atom stereocenters. The number of ether oxygens (including phenoxy) is 1. The second-order valence-corrected chi connectivity index (χ2v) is 6.07. The summed E-state index contributed by atoms with van der Waals surface area (Å²) in [5.41, 5.74) is 0.925. The van der Waals surface area contributed by atoms with Crippen molar-refractivity contribution in [3.05, 3.63) is 0 Å². The van der Waals surface area contributed by atoms with Gasteiger partial charge in [0.25, 0.3) is 0 Å². The van der Waals surface area contributed by atoms with Crippen LogP contribution >= 0.6 is 0 Å². The lowest BCUT2D eigenvalue weighted by Crippen LogP contribution is -2.41. The smallest absolute Gasteiger partial charge is 0.0520 e. The van der Waals surface area contributed by atoms with Gasteiger partial charge >= 0.3 is 0 Å². The maximum atomic E-state index is 5.83. The van der Waals surface area contributed by atoms with Crippen molar-refractivity contribution in [1.29, 1.82) is 0 Å². The van der Waals surface area contributed by atoms with Gasteiger partial charge in [-0.2, -0.15) is 0 Å². The van der Waals surface area contributed by atoms with Gasteiger partial charge in [-0.25, -0.2) is 0 Å². The largest absolute Gasteiger partial charge is 0.380 e. The molecule has 0 N–H and O–H groups in total. The Morgan fingerprint density at radius 3 is 2.23 bits per heavy atom. The van der Waals surface area contributed by atoms with E-state index in [1.165, 1.54) is 25.7 Å². The highest BCUT2D eigenvalue weighted by Crippen LogP contribution is 2.47. The second-order valence-electron chi connectivity index (χ2n) is 6.07. The van der Waals surface area contributed by atoms with E-state index in [1.807, 2.05) is 0 Å². The van der Waals surface area contributed by atoms with Crippen molar-refractivity contribution in [2.75, 3.05) is 13.2 Å². The van der Waals surface area contributed by atoms with E-state index >= 15 is 0 Å². The minimum absolute atomic E-state index is 0.418. The number of rotatable bonds is 0. The van der Waals surface area contributed by atoms with Crippen molar-refractivity contribution in [3.63, 3.8) is 0 Å². The van der Waals surface area contributed by atoms with Gasteiger partial charge in [0.05, 0.1) is 13.2 Å². The van der Waals surface area contributed by atoms with Crippen LogP contribution < -0.4 is 0 Å². The molecule has 1 saturated carbocycles. The van der Waals surface area contributed by atoms with Crippen LogP contribution in [0.4, 0.5) is 0 Å². The molecule has 76 valence electrons. The summed E-state index contributed by atoms with van der Waals surface area (Å²) in [4.78, 5) is 0. The molecule has 0 spiro atoms. The van der Waals surface area contributed by atoms with E-state index < -0.39 is 0 Å². The molecular weight excluding hydrogens is 160 g/mol. The van der Waals surface area contributed by atoms with Crippen molar-refractivity contribution in [3.8, 4) is 0 Å². The predicted molar refractivity (Wildman–Crippen MR) is 54.7 cm³/mol. The van der Waals surface area contributed by atoms with E-state index in [1.54, 1.807) is 0 Å². The lowest BCUT2D eigenvalue weighted by Gasteiger charge is -2.46. The Kier molecular flexibility index (Phi) is 2.18. The van der Waals surface area contributed by atoms with Crippen LogP contribution in [0.1, 0.15) is 46.5 Å². The molecule has 0 radical (unpaired) electrons. The first kappa shape index (κ1) is 9.51. The highest BCUT2D eigenvalue weighted by Gasteiger charge is 2.40. The van der Waals surface area contributed by atoms with Crippen LogP contribution in [-0.2, 0) is 4.74 Å². The third-order valence-corrected chi connectivity index (χ3v) is 4.22. The average molecular weight is 182 g/mol. The van der Waals surface area contributed by atoms with Crippen molar-refractivity contribution in [2.45, 2.75) is 46.5 Å². The Morgan fingerprint density at radius 1 is 1.00 bits per heavy atom. The van der Waals surface area contributed by atoms with Gasteiger partial charge in [-0.3, -0.25) is 0 Å². The van der Waals surface area contributed by atoms with E-state index in [0.717, 1.165) is 19.1 Å². The van der Waals surface area contributed by atoms with Gasteiger partial charge in [0.2, 0.25) is 0 Å².